The van der Waals surface area contributed by atoms with E-state index in [0.29, 0.717) is 5.82 Å². The van der Waals surface area contributed by atoms with Crippen LogP contribution in [0.2, 0.25) is 5.15 Å². The van der Waals surface area contributed by atoms with Crippen molar-refractivity contribution in [2.45, 2.75) is 6.54 Å². The standard InChI is InChI=1S/C8H7ClN6O/c9-6-1-2-7(13-12-6)11-8(16)5-15-4-3-10-14-15/h1-4H,5H2,(H,11,13,16). The van der Waals surface area contributed by atoms with Gasteiger partial charge in [-0.15, -0.1) is 15.3 Å². The monoisotopic (exact) mass is 238 g/mol. The zero-order valence-electron chi connectivity index (χ0n) is 8.04. The highest BCUT2D eigenvalue weighted by molar-refractivity contribution is 6.29. The van der Waals surface area contributed by atoms with Gasteiger partial charge in [0.25, 0.3) is 0 Å². The Bertz CT molecular complexity index is 468. The van der Waals surface area contributed by atoms with Crippen molar-refractivity contribution in [3.63, 3.8) is 0 Å². The highest BCUT2D eigenvalue weighted by Gasteiger charge is 2.05. The molecule has 0 aliphatic rings. The van der Waals surface area contributed by atoms with E-state index in [2.05, 4.69) is 25.8 Å². The Morgan fingerprint density at radius 1 is 1.44 bits per heavy atom. The molecular formula is C8H7ClN6O. The van der Waals surface area contributed by atoms with Crippen LogP contribution >= 0.6 is 11.6 Å². The predicted octanol–water partition coefficient (Wildman–Crippen LogP) is 0.360. The summed E-state index contributed by atoms with van der Waals surface area (Å²) in [5.41, 5.74) is 0. The molecule has 0 unspecified atom stereocenters. The van der Waals surface area contributed by atoms with E-state index in [1.807, 2.05) is 0 Å². The van der Waals surface area contributed by atoms with Gasteiger partial charge >= 0.3 is 0 Å². The van der Waals surface area contributed by atoms with Crippen LogP contribution < -0.4 is 5.32 Å². The van der Waals surface area contributed by atoms with Crippen LogP contribution in [0.3, 0.4) is 0 Å². The molecule has 0 aliphatic heterocycles. The number of amides is 1. The SMILES string of the molecule is O=C(Cn1ccnn1)Nc1ccc(Cl)nn1. The molecule has 2 aromatic rings. The van der Waals surface area contributed by atoms with Gasteiger partial charge in [-0.1, -0.05) is 16.8 Å². The summed E-state index contributed by atoms with van der Waals surface area (Å²) in [5.74, 6) is 0.0802. The van der Waals surface area contributed by atoms with Crippen LogP contribution in [-0.2, 0) is 11.3 Å². The molecule has 0 spiro atoms. The highest BCUT2D eigenvalue weighted by atomic mass is 35.5. The lowest BCUT2D eigenvalue weighted by Crippen LogP contribution is -2.19. The molecule has 0 aliphatic carbocycles. The van der Waals surface area contributed by atoms with E-state index in [1.54, 1.807) is 18.3 Å². The first-order chi connectivity index (χ1) is 7.74. The first-order valence-electron chi connectivity index (χ1n) is 4.37. The van der Waals surface area contributed by atoms with Crippen molar-refractivity contribution in [1.82, 2.24) is 25.2 Å². The molecule has 2 heterocycles. The Morgan fingerprint density at radius 2 is 2.31 bits per heavy atom. The summed E-state index contributed by atoms with van der Waals surface area (Å²) >= 11 is 5.55. The second kappa shape index (κ2) is 4.67. The van der Waals surface area contributed by atoms with Gasteiger partial charge in [-0.05, 0) is 12.1 Å². The lowest BCUT2D eigenvalue weighted by Gasteiger charge is -2.02. The fourth-order valence-electron chi connectivity index (χ4n) is 1.03. The zero-order valence-corrected chi connectivity index (χ0v) is 8.79. The third-order valence-corrected chi connectivity index (χ3v) is 1.88. The molecule has 0 saturated carbocycles. The molecule has 8 heteroatoms. The van der Waals surface area contributed by atoms with Crippen molar-refractivity contribution in [1.29, 1.82) is 0 Å². The normalized spacial score (nSPS) is 10.1. The average Bonchev–Trinajstić information content (AvgIpc) is 2.74. The zero-order chi connectivity index (χ0) is 11.4. The molecular weight excluding hydrogens is 232 g/mol. The number of anilines is 1. The number of carbonyl (C=O) groups is 1. The van der Waals surface area contributed by atoms with Gasteiger partial charge in [-0.2, -0.15) is 0 Å². The molecule has 0 radical (unpaired) electrons. The number of halogens is 1. The maximum atomic E-state index is 11.5. The van der Waals surface area contributed by atoms with E-state index in [-0.39, 0.29) is 17.6 Å². The van der Waals surface area contributed by atoms with E-state index in [1.165, 1.54) is 10.9 Å². The third kappa shape index (κ3) is 2.74. The first-order valence-corrected chi connectivity index (χ1v) is 4.75. The van der Waals surface area contributed by atoms with Gasteiger partial charge in [0.1, 0.15) is 6.54 Å². The maximum absolute atomic E-state index is 11.5. The van der Waals surface area contributed by atoms with Gasteiger partial charge < -0.3 is 5.32 Å². The Morgan fingerprint density at radius 3 is 2.94 bits per heavy atom. The summed E-state index contributed by atoms with van der Waals surface area (Å²) in [6, 6.07) is 3.11. The summed E-state index contributed by atoms with van der Waals surface area (Å²) in [5, 5.41) is 17.3. The van der Waals surface area contributed by atoms with Crippen LogP contribution in [0.1, 0.15) is 0 Å². The van der Waals surface area contributed by atoms with Gasteiger partial charge in [0.2, 0.25) is 5.91 Å². The van der Waals surface area contributed by atoms with Gasteiger partial charge in [0.05, 0.1) is 6.20 Å². The van der Waals surface area contributed by atoms with Crippen molar-refractivity contribution in [3.8, 4) is 0 Å². The fourth-order valence-corrected chi connectivity index (χ4v) is 1.13. The Hall–Kier alpha value is -2.02. The topological polar surface area (TPSA) is 85.6 Å². The van der Waals surface area contributed by atoms with Gasteiger partial charge in [0.15, 0.2) is 11.0 Å². The number of nitrogens with zero attached hydrogens (tertiary/aromatic N) is 5. The molecule has 16 heavy (non-hydrogen) atoms. The molecule has 0 saturated heterocycles. The van der Waals surface area contributed by atoms with Gasteiger partial charge in [0, 0.05) is 6.20 Å². The summed E-state index contributed by atoms with van der Waals surface area (Å²) in [6.07, 6.45) is 3.09. The Labute approximate surface area is 95.4 Å². The number of aromatic nitrogens is 5. The molecule has 7 nitrogen and oxygen atoms in total. The Balaban J connectivity index is 1.95. The van der Waals surface area contributed by atoms with E-state index in [9.17, 15) is 4.79 Å². The van der Waals surface area contributed by atoms with Gasteiger partial charge in [-0.25, -0.2) is 4.68 Å². The molecule has 0 bridgehead atoms. The molecule has 2 aromatic heterocycles. The van der Waals surface area contributed by atoms with Crippen molar-refractivity contribution in [2.75, 3.05) is 5.32 Å². The first kappa shape index (κ1) is 10.5. The second-order valence-corrected chi connectivity index (χ2v) is 3.28. The lowest BCUT2D eigenvalue weighted by molar-refractivity contribution is -0.117. The quantitative estimate of drug-likeness (QED) is 0.835. The largest absolute Gasteiger partial charge is 0.308 e. The van der Waals surface area contributed by atoms with Crippen LogP contribution in [0.4, 0.5) is 5.82 Å². The van der Waals surface area contributed by atoms with Crippen molar-refractivity contribution < 1.29 is 4.79 Å². The number of carbonyl (C=O) groups excluding carboxylic acids is 1. The van der Waals surface area contributed by atoms with Crippen molar-refractivity contribution in [2.24, 2.45) is 0 Å². The molecule has 0 fully saturated rings. The second-order valence-electron chi connectivity index (χ2n) is 2.89. The minimum Gasteiger partial charge on any atom is -0.308 e. The molecule has 0 atom stereocenters. The van der Waals surface area contributed by atoms with Crippen LogP contribution in [0.15, 0.2) is 24.5 Å². The van der Waals surface area contributed by atoms with E-state index in [0.717, 1.165) is 0 Å². The molecule has 82 valence electrons. The Kier molecular flexibility index (Phi) is 3.06. The van der Waals surface area contributed by atoms with Crippen LogP contribution in [-0.4, -0.2) is 31.1 Å². The summed E-state index contributed by atoms with van der Waals surface area (Å²) < 4.78 is 1.40. The predicted molar refractivity (Wildman–Crippen MR) is 55.7 cm³/mol. The lowest BCUT2D eigenvalue weighted by atomic mass is 10.5. The minimum absolute atomic E-state index is 0.0737. The fraction of sp³-hybridized carbons (Fsp3) is 0.125. The van der Waals surface area contributed by atoms with E-state index in [4.69, 9.17) is 11.6 Å². The third-order valence-electron chi connectivity index (χ3n) is 1.68. The molecule has 2 rings (SSSR count). The smallest absolute Gasteiger partial charge is 0.247 e. The van der Waals surface area contributed by atoms with Crippen LogP contribution in [0.5, 0.6) is 0 Å². The number of hydrogen-bond donors (Lipinski definition) is 1. The number of hydrogen-bond acceptors (Lipinski definition) is 5. The molecule has 1 N–H and O–H groups in total. The van der Waals surface area contributed by atoms with Crippen LogP contribution in [0.25, 0.3) is 0 Å². The van der Waals surface area contributed by atoms with E-state index < -0.39 is 0 Å². The minimum atomic E-state index is -0.262. The molecule has 0 aromatic carbocycles. The van der Waals surface area contributed by atoms with Crippen LogP contribution in [0, 0.1) is 0 Å². The number of nitrogens with one attached hydrogen (secondary N) is 1. The maximum Gasteiger partial charge on any atom is 0.247 e. The summed E-state index contributed by atoms with van der Waals surface area (Å²) in [4.78, 5) is 11.5. The molecule has 1 amide bonds. The van der Waals surface area contributed by atoms with E-state index >= 15 is 0 Å². The van der Waals surface area contributed by atoms with Crippen molar-refractivity contribution in [3.05, 3.63) is 29.7 Å². The average molecular weight is 239 g/mol. The van der Waals surface area contributed by atoms with Crippen molar-refractivity contribution >= 4 is 23.3 Å². The number of rotatable bonds is 3. The summed E-state index contributed by atoms with van der Waals surface area (Å²) in [7, 11) is 0. The highest BCUT2D eigenvalue weighted by Crippen LogP contribution is 2.05. The summed E-state index contributed by atoms with van der Waals surface area (Å²) in [6.45, 7) is 0.0737. The van der Waals surface area contributed by atoms with Gasteiger partial charge in [-0.3, -0.25) is 4.79 Å².